The van der Waals surface area contributed by atoms with Crippen LogP contribution in [0.3, 0.4) is 0 Å². The number of amides is 1. The lowest BCUT2D eigenvalue weighted by Crippen LogP contribution is -2.40. The molecule has 134 valence electrons. The molecule has 1 fully saturated rings. The first-order chi connectivity index (χ1) is 12.7. The molecule has 1 aromatic carbocycles. The number of anilines is 1. The summed E-state index contributed by atoms with van der Waals surface area (Å²) in [5, 5.41) is 7.73. The van der Waals surface area contributed by atoms with E-state index < -0.39 is 0 Å². The van der Waals surface area contributed by atoms with Crippen LogP contribution in [0.15, 0.2) is 42.5 Å². The number of carbonyl (C=O) groups excluding carboxylic acids is 1. The van der Waals surface area contributed by atoms with Crippen LogP contribution in [-0.2, 0) is 4.79 Å². The van der Waals surface area contributed by atoms with Crippen molar-refractivity contribution < 1.29 is 9.53 Å². The number of pyridine rings is 1. The summed E-state index contributed by atoms with van der Waals surface area (Å²) in [5.74, 6) is 1.61. The number of hydrogen-bond donors (Lipinski definition) is 2. The molecule has 0 saturated carbocycles. The second kappa shape index (κ2) is 7.03. The molecule has 0 radical (unpaired) electrons. The fourth-order valence-corrected chi connectivity index (χ4v) is 3.34. The molecule has 3 N–H and O–H groups in total. The Kier molecular flexibility index (Phi) is 4.43. The predicted octanol–water partition coefficient (Wildman–Crippen LogP) is 2.33. The molecule has 0 aliphatic carbocycles. The van der Waals surface area contributed by atoms with Crippen LogP contribution in [0.2, 0.25) is 0 Å². The minimum atomic E-state index is 0.0239. The van der Waals surface area contributed by atoms with Crippen LogP contribution in [-0.4, -0.2) is 45.7 Å². The average Bonchev–Trinajstić information content (AvgIpc) is 3.07. The second-order valence-electron chi connectivity index (χ2n) is 6.50. The van der Waals surface area contributed by atoms with Crippen molar-refractivity contribution in [3.05, 3.63) is 48.2 Å². The number of aromatic nitrogens is 3. The number of benzene rings is 1. The molecule has 1 aliphatic heterocycles. The molecular formula is C19H21N5O2. The van der Waals surface area contributed by atoms with Gasteiger partial charge in [0.15, 0.2) is 12.3 Å². The van der Waals surface area contributed by atoms with Crippen molar-refractivity contribution in [1.82, 2.24) is 20.1 Å². The molecular weight excluding hydrogens is 330 g/mol. The first-order valence-electron chi connectivity index (χ1n) is 8.77. The van der Waals surface area contributed by atoms with E-state index in [1.54, 1.807) is 0 Å². The lowest BCUT2D eigenvalue weighted by molar-refractivity contribution is -0.134. The Morgan fingerprint density at radius 1 is 1.19 bits per heavy atom. The van der Waals surface area contributed by atoms with Gasteiger partial charge in [0.25, 0.3) is 5.91 Å². The van der Waals surface area contributed by atoms with Crippen molar-refractivity contribution in [2.45, 2.75) is 18.8 Å². The summed E-state index contributed by atoms with van der Waals surface area (Å²) in [6, 6.07) is 13.4. The summed E-state index contributed by atoms with van der Waals surface area (Å²) in [5.41, 5.74) is 7.47. The van der Waals surface area contributed by atoms with Gasteiger partial charge in [-0.05, 0) is 37.1 Å². The van der Waals surface area contributed by atoms with Crippen LogP contribution in [0.25, 0.3) is 11.0 Å². The van der Waals surface area contributed by atoms with Gasteiger partial charge in [0.05, 0.1) is 5.39 Å². The zero-order chi connectivity index (χ0) is 17.9. The van der Waals surface area contributed by atoms with Crippen molar-refractivity contribution in [2.75, 3.05) is 25.4 Å². The maximum Gasteiger partial charge on any atom is 0.260 e. The lowest BCUT2D eigenvalue weighted by atomic mass is 9.93. The fraction of sp³-hybridized carbons (Fsp3) is 0.316. The number of aromatic amines is 1. The quantitative estimate of drug-likeness (QED) is 0.752. The molecule has 3 heterocycles. The molecule has 2 aromatic heterocycles. The molecule has 0 spiro atoms. The molecule has 1 amide bonds. The topological polar surface area (TPSA) is 97.1 Å². The van der Waals surface area contributed by atoms with Gasteiger partial charge < -0.3 is 15.4 Å². The average molecular weight is 351 g/mol. The number of piperidine rings is 1. The van der Waals surface area contributed by atoms with E-state index in [4.69, 9.17) is 10.5 Å². The molecule has 0 unspecified atom stereocenters. The standard InChI is InChI=1S/C19H21N5O2/c20-18-15-6-7-16(21-19(15)23-22-18)13-8-10-24(11-9-13)17(25)12-26-14-4-2-1-3-5-14/h1-7,13H,8-12H2,(H3,20,21,22,23). The number of rotatable bonds is 4. The molecule has 26 heavy (non-hydrogen) atoms. The van der Waals surface area contributed by atoms with Crippen molar-refractivity contribution in [2.24, 2.45) is 0 Å². The highest BCUT2D eigenvalue weighted by atomic mass is 16.5. The number of nitrogens with one attached hydrogen (secondary N) is 1. The smallest absolute Gasteiger partial charge is 0.260 e. The molecule has 7 heteroatoms. The molecule has 7 nitrogen and oxygen atoms in total. The maximum atomic E-state index is 12.3. The number of ether oxygens (including phenoxy) is 1. The van der Waals surface area contributed by atoms with Crippen LogP contribution in [0, 0.1) is 0 Å². The Balaban J connectivity index is 1.33. The van der Waals surface area contributed by atoms with E-state index in [9.17, 15) is 4.79 Å². The molecule has 1 saturated heterocycles. The highest BCUT2D eigenvalue weighted by Crippen LogP contribution is 2.28. The number of hydrogen-bond acceptors (Lipinski definition) is 5. The summed E-state index contributed by atoms with van der Waals surface area (Å²) in [7, 11) is 0. The first kappa shape index (κ1) is 16.4. The van der Waals surface area contributed by atoms with Gasteiger partial charge in [-0.3, -0.25) is 9.89 Å². The zero-order valence-electron chi connectivity index (χ0n) is 14.4. The van der Waals surface area contributed by atoms with Crippen LogP contribution >= 0.6 is 0 Å². The Labute approximate surface area is 151 Å². The van der Waals surface area contributed by atoms with Gasteiger partial charge in [-0.2, -0.15) is 5.10 Å². The SMILES string of the molecule is Nc1[nH]nc2nc(C3CCN(C(=O)COc4ccccc4)CC3)ccc12. The third-order valence-electron chi connectivity index (χ3n) is 4.84. The summed E-state index contributed by atoms with van der Waals surface area (Å²) >= 11 is 0. The minimum absolute atomic E-state index is 0.0239. The van der Waals surface area contributed by atoms with Gasteiger partial charge in [0, 0.05) is 24.7 Å². The molecule has 0 bridgehead atoms. The summed E-state index contributed by atoms with van der Waals surface area (Å²) in [4.78, 5) is 18.8. The van der Waals surface area contributed by atoms with Gasteiger partial charge in [0.2, 0.25) is 0 Å². The number of nitrogens with zero attached hydrogens (tertiary/aromatic N) is 3. The summed E-state index contributed by atoms with van der Waals surface area (Å²) in [6.07, 6.45) is 1.77. The normalized spacial score (nSPS) is 15.3. The molecule has 3 aromatic rings. The molecule has 1 aliphatic rings. The number of nitrogens with two attached hydrogens (primary N) is 1. The minimum Gasteiger partial charge on any atom is -0.484 e. The Bertz CT molecular complexity index is 901. The largest absolute Gasteiger partial charge is 0.484 e. The number of H-pyrrole nitrogens is 1. The van der Waals surface area contributed by atoms with Crippen molar-refractivity contribution in [3.8, 4) is 5.75 Å². The number of para-hydroxylation sites is 1. The summed E-state index contributed by atoms with van der Waals surface area (Å²) < 4.78 is 5.56. The van der Waals surface area contributed by atoms with E-state index in [-0.39, 0.29) is 12.5 Å². The van der Waals surface area contributed by atoms with Crippen molar-refractivity contribution in [1.29, 1.82) is 0 Å². The van der Waals surface area contributed by atoms with E-state index in [1.165, 1.54) is 0 Å². The van der Waals surface area contributed by atoms with E-state index >= 15 is 0 Å². The third-order valence-corrected chi connectivity index (χ3v) is 4.84. The van der Waals surface area contributed by atoms with Gasteiger partial charge in [-0.1, -0.05) is 18.2 Å². The second-order valence-corrected chi connectivity index (χ2v) is 6.50. The van der Waals surface area contributed by atoms with Gasteiger partial charge >= 0.3 is 0 Å². The Morgan fingerprint density at radius 3 is 2.73 bits per heavy atom. The zero-order valence-corrected chi connectivity index (χ0v) is 14.4. The monoisotopic (exact) mass is 351 g/mol. The van der Waals surface area contributed by atoms with Crippen LogP contribution in [0.1, 0.15) is 24.5 Å². The van der Waals surface area contributed by atoms with Crippen molar-refractivity contribution in [3.63, 3.8) is 0 Å². The highest BCUT2D eigenvalue weighted by molar-refractivity contribution is 5.85. The Hall–Kier alpha value is -3.09. The van der Waals surface area contributed by atoms with E-state index in [0.29, 0.717) is 36.2 Å². The Morgan fingerprint density at radius 2 is 1.96 bits per heavy atom. The maximum absolute atomic E-state index is 12.3. The van der Waals surface area contributed by atoms with Crippen molar-refractivity contribution >= 4 is 22.8 Å². The van der Waals surface area contributed by atoms with Crippen LogP contribution < -0.4 is 10.5 Å². The van der Waals surface area contributed by atoms with Gasteiger partial charge in [-0.25, -0.2) is 4.98 Å². The van der Waals surface area contributed by atoms with E-state index in [2.05, 4.69) is 15.2 Å². The van der Waals surface area contributed by atoms with Crippen LogP contribution in [0.4, 0.5) is 5.82 Å². The van der Waals surface area contributed by atoms with Crippen LogP contribution in [0.5, 0.6) is 5.75 Å². The van der Waals surface area contributed by atoms with E-state index in [0.717, 1.165) is 23.9 Å². The first-order valence-corrected chi connectivity index (χ1v) is 8.77. The van der Waals surface area contributed by atoms with E-state index in [1.807, 2.05) is 47.4 Å². The summed E-state index contributed by atoms with van der Waals surface area (Å²) in [6.45, 7) is 1.50. The predicted molar refractivity (Wildman–Crippen MR) is 98.8 cm³/mol. The lowest BCUT2D eigenvalue weighted by Gasteiger charge is -2.31. The number of carbonyl (C=O) groups is 1. The van der Waals surface area contributed by atoms with Gasteiger partial charge in [0.1, 0.15) is 11.6 Å². The van der Waals surface area contributed by atoms with Gasteiger partial charge in [-0.15, -0.1) is 0 Å². The fourth-order valence-electron chi connectivity index (χ4n) is 3.34. The number of nitrogen functional groups attached to an aromatic ring is 1. The molecule has 0 atom stereocenters. The third kappa shape index (κ3) is 3.33. The highest BCUT2D eigenvalue weighted by Gasteiger charge is 2.25. The molecule has 4 rings (SSSR count). The number of fused-ring (bicyclic) bond motifs is 1. The number of likely N-dealkylation sites (tertiary alicyclic amines) is 1.